The van der Waals surface area contributed by atoms with Gasteiger partial charge in [-0.3, -0.25) is 9.10 Å². The first kappa shape index (κ1) is 23.2. The summed E-state index contributed by atoms with van der Waals surface area (Å²) in [7, 11) is -7.41. The van der Waals surface area contributed by atoms with Crippen molar-refractivity contribution in [2.24, 2.45) is 0 Å². The van der Waals surface area contributed by atoms with Crippen LogP contribution in [0.2, 0.25) is 0 Å². The van der Waals surface area contributed by atoms with E-state index in [0.717, 1.165) is 35.5 Å². The van der Waals surface area contributed by atoms with Crippen molar-refractivity contribution >= 4 is 37.3 Å². The largest absolute Gasteiger partial charge is 0.324 e. The minimum Gasteiger partial charge on any atom is -0.324 e. The number of nitrogens with one attached hydrogen (secondary N) is 1. The number of nitrogens with zero attached hydrogens (tertiary/aromatic N) is 2. The molecule has 0 saturated carbocycles. The minimum absolute atomic E-state index is 0.129. The molecule has 0 aromatic heterocycles. The first-order chi connectivity index (χ1) is 14.5. The molecule has 0 bridgehead atoms. The van der Waals surface area contributed by atoms with Gasteiger partial charge in [0.2, 0.25) is 26.0 Å². The SMILES string of the molecule is CC(C(=O)Nc1ccc(S(=O)(=O)N2CCCC2)cc1)N(c1ccc(F)cc1)S(C)(=O)=O. The number of rotatable bonds is 7. The molecule has 31 heavy (non-hydrogen) atoms. The Balaban J connectivity index is 1.77. The molecule has 11 heteroatoms. The van der Waals surface area contributed by atoms with Crippen molar-refractivity contribution < 1.29 is 26.0 Å². The van der Waals surface area contributed by atoms with Crippen LogP contribution in [0.25, 0.3) is 0 Å². The summed E-state index contributed by atoms with van der Waals surface area (Å²) < 4.78 is 65.3. The number of carbonyl (C=O) groups is 1. The second-order valence-corrected chi connectivity index (χ2v) is 11.1. The highest BCUT2D eigenvalue weighted by Gasteiger charge is 2.30. The Hall–Kier alpha value is -2.50. The van der Waals surface area contributed by atoms with Crippen LogP contribution in [0.1, 0.15) is 19.8 Å². The molecule has 0 aliphatic carbocycles. The molecule has 2 aromatic carbocycles. The molecule has 0 radical (unpaired) electrons. The zero-order chi connectivity index (χ0) is 22.8. The van der Waals surface area contributed by atoms with Crippen LogP contribution >= 0.6 is 0 Å². The number of amides is 1. The number of carbonyl (C=O) groups excluding carboxylic acids is 1. The van der Waals surface area contributed by atoms with E-state index in [1.807, 2.05) is 0 Å². The van der Waals surface area contributed by atoms with Gasteiger partial charge in [0, 0.05) is 18.8 Å². The van der Waals surface area contributed by atoms with Crippen LogP contribution in [-0.2, 0) is 24.8 Å². The third-order valence-electron chi connectivity index (χ3n) is 4.99. The van der Waals surface area contributed by atoms with E-state index in [4.69, 9.17) is 0 Å². The molecular formula is C20H24FN3O5S2. The Morgan fingerprint density at radius 3 is 2.06 bits per heavy atom. The summed E-state index contributed by atoms with van der Waals surface area (Å²) in [6.45, 7) is 2.39. The molecule has 0 spiro atoms. The molecule has 1 atom stereocenters. The molecule has 8 nitrogen and oxygen atoms in total. The standard InChI is InChI=1S/C20H24FN3O5S2/c1-15(24(30(2,26)27)18-9-5-16(21)6-10-18)20(25)22-17-7-11-19(12-8-17)31(28,29)23-13-3-4-14-23/h5-12,15H,3-4,13-14H2,1-2H3,(H,22,25). The molecule has 1 fully saturated rings. The maximum atomic E-state index is 13.2. The van der Waals surface area contributed by atoms with Gasteiger partial charge < -0.3 is 5.32 Å². The molecule has 2 aromatic rings. The summed E-state index contributed by atoms with van der Waals surface area (Å²) in [5.41, 5.74) is 0.475. The monoisotopic (exact) mass is 469 g/mol. The maximum absolute atomic E-state index is 13.2. The highest BCUT2D eigenvalue weighted by Crippen LogP contribution is 2.24. The number of hydrogen-bond donors (Lipinski definition) is 1. The van der Waals surface area contributed by atoms with E-state index in [9.17, 15) is 26.0 Å². The lowest BCUT2D eigenvalue weighted by molar-refractivity contribution is -0.116. The van der Waals surface area contributed by atoms with Gasteiger partial charge in [0.05, 0.1) is 16.8 Å². The van der Waals surface area contributed by atoms with Gasteiger partial charge in [-0.25, -0.2) is 21.2 Å². The highest BCUT2D eigenvalue weighted by atomic mass is 32.2. The van der Waals surface area contributed by atoms with E-state index in [-0.39, 0.29) is 10.6 Å². The molecule has 1 saturated heterocycles. The first-order valence-corrected chi connectivity index (χ1v) is 12.9. The van der Waals surface area contributed by atoms with Gasteiger partial charge in [-0.1, -0.05) is 0 Å². The van der Waals surface area contributed by atoms with Crippen molar-refractivity contribution in [2.45, 2.75) is 30.7 Å². The van der Waals surface area contributed by atoms with Crippen LogP contribution in [0.5, 0.6) is 0 Å². The topological polar surface area (TPSA) is 104 Å². The van der Waals surface area contributed by atoms with Gasteiger partial charge in [0.1, 0.15) is 11.9 Å². The Morgan fingerprint density at radius 2 is 1.55 bits per heavy atom. The predicted octanol–water partition coefficient (Wildman–Crippen LogP) is 2.40. The van der Waals surface area contributed by atoms with E-state index < -0.39 is 37.8 Å². The Labute approximate surface area is 181 Å². The minimum atomic E-state index is -3.84. The van der Waals surface area contributed by atoms with Gasteiger partial charge in [-0.05, 0) is 68.3 Å². The van der Waals surface area contributed by atoms with Crippen molar-refractivity contribution in [1.82, 2.24) is 4.31 Å². The van der Waals surface area contributed by atoms with E-state index in [2.05, 4.69) is 5.32 Å². The zero-order valence-corrected chi connectivity index (χ0v) is 18.8. The lowest BCUT2D eigenvalue weighted by Gasteiger charge is -2.28. The Morgan fingerprint density at radius 1 is 1.00 bits per heavy atom. The summed E-state index contributed by atoms with van der Waals surface area (Å²) in [5, 5.41) is 2.60. The molecule has 1 amide bonds. The zero-order valence-electron chi connectivity index (χ0n) is 17.2. The quantitative estimate of drug-likeness (QED) is 0.671. The van der Waals surface area contributed by atoms with Gasteiger partial charge >= 0.3 is 0 Å². The smallest absolute Gasteiger partial charge is 0.247 e. The molecule has 1 aliphatic heterocycles. The third kappa shape index (κ3) is 5.23. The second-order valence-electron chi connectivity index (χ2n) is 7.34. The van der Waals surface area contributed by atoms with E-state index >= 15 is 0 Å². The number of hydrogen-bond acceptors (Lipinski definition) is 5. The molecular weight excluding hydrogens is 445 g/mol. The van der Waals surface area contributed by atoms with E-state index in [1.165, 1.54) is 47.6 Å². The van der Waals surface area contributed by atoms with Crippen LogP contribution < -0.4 is 9.62 Å². The Kier molecular flexibility index (Phi) is 6.68. The maximum Gasteiger partial charge on any atom is 0.247 e. The molecule has 3 rings (SSSR count). The van der Waals surface area contributed by atoms with E-state index in [1.54, 1.807) is 0 Å². The summed E-state index contributed by atoms with van der Waals surface area (Å²) in [6, 6.07) is 9.36. The van der Waals surface area contributed by atoms with E-state index in [0.29, 0.717) is 18.8 Å². The molecule has 1 unspecified atom stereocenters. The van der Waals surface area contributed by atoms with Crippen molar-refractivity contribution in [3.63, 3.8) is 0 Å². The van der Waals surface area contributed by atoms with Crippen molar-refractivity contribution in [2.75, 3.05) is 29.0 Å². The number of benzene rings is 2. The fourth-order valence-electron chi connectivity index (χ4n) is 3.43. The van der Waals surface area contributed by atoms with Gasteiger partial charge in [0.15, 0.2) is 0 Å². The van der Waals surface area contributed by atoms with Crippen LogP contribution in [0.3, 0.4) is 0 Å². The summed E-state index contributed by atoms with van der Waals surface area (Å²) in [6.07, 6.45) is 2.62. The number of sulfonamides is 2. The van der Waals surface area contributed by atoms with Gasteiger partial charge in [0.25, 0.3) is 0 Å². The molecule has 168 valence electrons. The fraction of sp³-hybridized carbons (Fsp3) is 0.350. The number of anilines is 2. The average Bonchev–Trinajstić information content (AvgIpc) is 3.25. The second kappa shape index (κ2) is 8.93. The number of halogens is 1. The van der Waals surface area contributed by atoms with Crippen LogP contribution in [0.15, 0.2) is 53.4 Å². The summed E-state index contributed by atoms with van der Waals surface area (Å²) in [4.78, 5) is 12.8. The lowest BCUT2D eigenvalue weighted by Crippen LogP contribution is -2.45. The molecule has 1 aliphatic rings. The third-order valence-corrected chi connectivity index (χ3v) is 8.15. The lowest BCUT2D eigenvalue weighted by atomic mass is 10.2. The Bertz CT molecular complexity index is 1140. The average molecular weight is 470 g/mol. The van der Waals surface area contributed by atoms with Crippen LogP contribution in [0.4, 0.5) is 15.8 Å². The molecule has 1 N–H and O–H groups in total. The van der Waals surface area contributed by atoms with Crippen LogP contribution in [-0.4, -0.2) is 52.4 Å². The predicted molar refractivity (Wildman–Crippen MR) is 116 cm³/mol. The fourth-order valence-corrected chi connectivity index (χ4v) is 6.12. The normalized spacial score (nSPS) is 16.1. The van der Waals surface area contributed by atoms with Gasteiger partial charge in [-0.2, -0.15) is 4.31 Å². The van der Waals surface area contributed by atoms with Crippen LogP contribution in [0, 0.1) is 5.82 Å². The summed E-state index contributed by atoms with van der Waals surface area (Å²) >= 11 is 0. The molecule has 1 heterocycles. The highest BCUT2D eigenvalue weighted by molar-refractivity contribution is 7.92. The van der Waals surface area contributed by atoms with Crippen molar-refractivity contribution in [1.29, 1.82) is 0 Å². The van der Waals surface area contributed by atoms with Crippen molar-refractivity contribution in [3.8, 4) is 0 Å². The van der Waals surface area contributed by atoms with Gasteiger partial charge in [-0.15, -0.1) is 0 Å². The van der Waals surface area contributed by atoms with Crippen molar-refractivity contribution in [3.05, 3.63) is 54.3 Å². The first-order valence-electron chi connectivity index (χ1n) is 9.66. The summed E-state index contributed by atoms with van der Waals surface area (Å²) in [5.74, 6) is -1.15.